The Morgan fingerprint density at radius 3 is 2.64 bits per heavy atom. The summed E-state index contributed by atoms with van der Waals surface area (Å²) < 4.78 is 0. The van der Waals surface area contributed by atoms with Crippen LogP contribution >= 0.6 is 0 Å². The SMILES string of the molecule is CON1C(=O)CC(=O)CC1C. The van der Waals surface area contributed by atoms with E-state index in [1.54, 1.807) is 6.92 Å². The highest BCUT2D eigenvalue weighted by atomic mass is 16.7. The molecule has 1 unspecified atom stereocenters. The molecule has 0 spiro atoms. The summed E-state index contributed by atoms with van der Waals surface area (Å²) in [6, 6.07) is -0.117. The summed E-state index contributed by atoms with van der Waals surface area (Å²) in [5, 5.41) is 1.25. The molecular weight excluding hydrogens is 146 g/mol. The van der Waals surface area contributed by atoms with E-state index in [1.165, 1.54) is 12.2 Å². The van der Waals surface area contributed by atoms with Gasteiger partial charge in [-0.3, -0.25) is 14.4 Å². The van der Waals surface area contributed by atoms with Crippen molar-refractivity contribution in [2.24, 2.45) is 0 Å². The predicted molar refractivity (Wildman–Crippen MR) is 37.6 cm³/mol. The number of Topliss-reactive ketones (excluding diaryl/α,β-unsaturated/α-hetero) is 1. The molecule has 0 N–H and O–H groups in total. The first-order valence-corrected chi connectivity index (χ1v) is 3.53. The third-order valence-electron chi connectivity index (χ3n) is 1.71. The molecule has 1 rings (SSSR count). The van der Waals surface area contributed by atoms with Gasteiger partial charge < -0.3 is 0 Å². The van der Waals surface area contributed by atoms with Gasteiger partial charge in [0.05, 0.1) is 19.6 Å². The second-order valence-corrected chi connectivity index (χ2v) is 2.67. The van der Waals surface area contributed by atoms with Crippen molar-refractivity contribution in [3.63, 3.8) is 0 Å². The van der Waals surface area contributed by atoms with Crippen molar-refractivity contribution >= 4 is 11.7 Å². The molecule has 1 aliphatic heterocycles. The van der Waals surface area contributed by atoms with E-state index in [9.17, 15) is 9.59 Å². The minimum Gasteiger partial charge on any atom is -0.299 e. The van der Waals surface area contributed by atoms with E-state index in [4.69, 9.17) is 4.84 Å². The largest absolute Gasteiger partial charge is 0.299 e. The van der Waals surface area contributed by atoms with Crippen molar-refractivity contribution in [2.45, 2.75) is 25.8 Å². The molecule has 4 nitrogen and oxygen atoms in total. The molecule has 11 heavy (non-hydrogen) atoms. The molecule has 0 aromatic rings. The van der Waals surface area contributed by atoms with Crippen molar-refractivity contribution in [1.29, 1.82) is 0 Å². The first-order chi connectivity index (χ1) is 5.15. The van der Waals surface area contributed by atoms with Gasteiger partial charge in [-0.2, -0.15) is 0 Å². The number of ketones is 1. The number of carbonyl (C=O) groups is 2. The molecule has 1 fully saturated rings. The normalized spacial score (nSPS) is 26.0. The Labute approximate surface area is 65.1 Å². The van der Waals surface area contributed by atoms with Gasteiger partial charge in [0.2, 0.25) is 0 Å². The van der Waals surface area contributed by atoms with Gasteiger partial charge >= 0.3 is 0 Å². The van der Waals surface area contributed by atoms with Crippen LogP contribution in [0.1, 0.15) is 19.8 Å². The van der Waals surface area contributed by atoms with Gasteiger partial charge in [-0.05, 0) is 6.92 Å². The topological polar surface area (TPSA) is 46.6 Å². The van der Waals surface area contributed by atoms with E-state index in [-0.39, 0.29) is 24.2 Å². The summed E-state index contributed by atoms with van der Waals surface area (Å²) in [5.41, 5.74) is 0. The van der Waals surface area contributed by atoms with E-state index in [1.807, 2.05) is 0 Å². The van der Waals surface area contributed by atoms with Crippen LogP contribution in [0.5, 0.6) is 0 Å². The van der Waals surface area contributed by atoms with Crippen molar-refractivity contribution in [2.75, 3.05) is 7.11 Å². The lowest BCUT2D eigenvalue weighted by atomic mass is 10.0. The van der Waals surface area contributed by atoms with Crippen LogP contribution in [0.25, 0.3) is 0 Å². The molecule has 62 valence electrons. The van der Waals surface area contributed by atoms with Crippen LogP contribution in [0.4, 0.5) is 0 Å². The van der Waals surface area contributed by atoms with Crippen LogP contribution in [0, 0.1) is 0 Å². The Hall–Kier alpha value is -0.900. The van der Waals surface area contributed by atoms with E-state index in [2.05, 4.69) is 0 Å². The lowest BCUT2D eigenvalue weighted by Crippen LogP contribution is -2.44. The minimum absolute atomic E-state index is 0.00389. The summed E-state index contributed by atoms with van der Waals surface area (Å²) in [6.45, 7) is 1.79. The van der Waals surface area contributed by atoms with Crippen LogP contribution in [-0.4, -0.2) is 29.9 Å². The van der Waals surface area contributed by atoms with Gasteiger partial charge in [-0.15, -0.1) is 0 Å². The molecule has 1 amide bonds. The number of amides is 1. The van der Waals surface area contributed by atoms with Crippen molar-refractivity contribution in [3.8, 4) is 0 Å². The fraction of sp³-hybridized carbons (Fsp3) is 0.714. The number of rotatable bonds is 1. The van der Waals surface area contributed by atoms with Crippen molar-refractivity contribution < 1.29 is 14.4 Å². The second-order valence-electron chi connectivity index (χ2n) is 2.67. The molecule has 0 aromatic carbocycles. The Morgan fingerprint density at radius 1 is 1.55 bits per heavy atom. The van der Waals surface area contributed by atoms with E-state index in [0.717, 1.165) is 0 Å². The Kier molecular flexibility index (Phi) is 2.24. The second kappa shape index (κ2) is 3.00. The van der Waals surface area contributed by atoms with E-state index >= 15 is 0 Å². The lowest BCUT2D eigenvalue weighted by Gasteiger charge is -2.29. The van der Waals surface area contributed by atoms with Gasteiger partial charge in [-0.1, -0.05) is 0 Å². The molecule has 0 aromatic heterocycles. The quantitative estimate of drug-likeness (QED) is 0.508. The lowest BCUT2D eigenvalue weighted by molar-refractivity contribution is -0.193. The maximum Gasteiger partial charge on any atom is 0.253 e. The highest BCUT2D eigenvalue weighted by Crippen LogP contribution is 2.14. The highest BCUT2D eigenvalue weighted by molar-refractivity contribution is 6.00. The third-order valence-corrected chi connectivity index (χ3v) is 1.71. The molecule has 1 heterocycles. The van der Waals surface area contributed by atoms with Crippen LogP contribution in [0.3, 0.4) is 0 Å². The average molecular weight is 157 g/mol. The molecule has 0 saturated carbocycles. The van der Waals surface area contributed by atoms with Gasteiger partial charge in [0.25, 0.3) is 5.91 Å². The summed E-state index contributed by atoms with van der Waals surface area (Å²) in [5.74, 6) is -0.243. The number of hydrogen-bond donors (Lipinski definition) is 0. The third kappa shape index (κ3) is 1.57. The number of hydrogen-bond acceptors (Lipinski definition) is 3. The van der Waals surface area contributed by atoms with Crippen LogP contribution in [-0.2, 0) is 14.4 Å². The number of carbonyl (C=O) groups excluding carboxylic acids is 2. The predicted octanol–water partition coefficient (Wildman–Crippen LogP) is 0.128. The Bertz CT molecular complexity index is 190. The zero-order chi connectivity index (χ0) is 8.43. The summed E-state index contributed by atoms with van der Waals surface area (Å²) >= 11 is 0. The zero-order valence-electron chi connectivity index (χ0n) is 6.66. The van der Waals surface area contributed by atoms with E-state index in [0.29, 0.717) is 6.42 Å². The van der Waals surface area contributed by atoms with Crippen molar-refractivity contribution in [3.05, 3.63) is 0 Å². The number of nitrogens with zero attached hydrogens (tertiary/aromatic N) is 1. The van der Waals surface area contributed by atoms with Gasteiger partial charge in [0.1, 0.15) is 5.78 Å². The van der Waals surface area contributed by atoms with Crippen LogP contribution in [0.15, 0.2) is 0 Å². The zero-order valence-corrected chi connectivity index (χ0v) is 6.66. The van der Waals surface area contributed by atoms with Crippen LogP contribution in [0.2, 0.25) is 0 Å². The molecule has 4 heteroatoms. The molecule has 1 atom stereocenters. The monoisotopic (exact) mass is 157 g/mol. The Balaban J connectivity index is 2.66. The first kappa shape index (κ1) is 8.20. The van der Waals surface area contributed by atoms with Crippen molar-refractivity contribution in [1.82, 2.24) is 5.06 Å². The van der Waals surface area contributed by atoms with Gasteiger partial charge in [-0.25, -0.2) is 5.06 Å². The maximum absolute atomic E-state index is 11.0. The molecular formula is C7H11NO3. The number of piperidine rings is 1. The maximum atomic E-state index is 11.0. The molecule has 0 radical (unpaired) electrons. The molecule has 1 saturated heterocycles. The van der Waals surface area contributed by atoms with Gasteiger partial charge in [0, 0.05) is 6.42 Å². The first-order valence-electron chi connectivity index (χ1n) is 3.53. The summed E-state index contributed by atoms with van der Waals surface area (Å²) in [7, 11) is 1.43. The molecule has 1 aliphatic rings. The highest BCUT2D eigenvalue weighted by Gasteiger charge is 2.29. The molecule has 0 bridgehead atoms. The van der Waals surface area contributed by atoms with Gasteiger partial charge in [0.15, 0.2) is 0 Å². The fourth-order valence-electron chi connectivity index (χ4n) is 1.26. The smallest absolute Gasteiger partial charge is 0.253 e. The fourth-order valence-corrected chi connectivity index (χ4v) is 1.26. The van der Waals surface area contributed by atoms with Crippen LogP contribution < -0.4 is 0 Å². The Morgan fingerprint density at radius 2 is 2.18 bits per heavy atom. The standard InChI is InChI=1S/C7H11NO3/c1-5-3-6(9)4-7(10)8(5)11-2/h5H,3-4H2,1-2H3. The van der Waals surface area contributed by atoms with E-state index < -0.39 is 0 Å². The minimum atomic E-state index is -0.240. The average Bonchev–Trinajstić information content (AvgIpc) is 1.85. The number of hydroxylamine groups is 2. The summed E-state index contributed by atoms with van der Waals surface area (Å²) in [4.78, 5) is 26.7. The molecule has 0 aliphatic carbocycles. The summed E-state index contributed by atoms with van der Waals surface area (Å²) in [6.07, 6.45) is 0.387.